The van der Waals surface area contributed by atoms with Crippen LogP contribution in [0.1, 0.15) is 10.4 Å². The van der Waals surface area contributed by atoms with E-state index in [1.165, 1.54) is 11.8 Å². The van der Waals surface area contributed by atoms with E-state index in [9.17, 15) is 4.79 Å². The van der Waals surface area contributed by atoms with E-state index in [-0.39, 0.29) is 5.91 Å². The quantitative estimate of drug-likeness (QED) is 0.369. The molecular weight excluding hydrogens is 299 g/mol. The number of hydrazine groups is 1. The topological polar surface area (TPSA) is 67.4 Å². The Labute approximate surface area is 134 Å². The van der Waals surface area contributed by atoms with Gasteiger partial charge >= 0.3 is 0 Å². The number of hydrogen-bond acceptors (Lipinski definition) is 6. The van der Waals surface area contributed by atoms with Gasteiger partial charge in [0.25, 0.3) is 5.91 Å². The number of carbonyl (C=O) groups is 1. The Morgan fingerprint density at radius 3 is 2.91 bits per heavy atom. The van der Waals surface area contributed by atoms with Crippen molar-refractivity contribution in [2.45, 2.75) is 5.16 Å². The number of nitrogens with one attached hydrogen (secondary N) is 1. The van der Waals surface area contributed by atoms with Crippen LogP contribution in [0.15, 0.2) is 35.6 Å². The first-order chi connectivity index (χ1) is 10.5. The maximum absolute atomic E-state index is 12.3. The molecule has 2 aromatic rings. The van der Waals surface area contributed by atoms with Crippen molar-refractivity contribution >= 4 is 36.8 Å². The number of amides is 1. The zero-order chi connectivity index (χ0) is 16.1. The third kappa shape index (κ3) is 3.70. The van der Waals surface area contributed by atoms with Crippen molar-refractivity contribution < 1.29 is 9.53 Å². The van der Waals surface area contributed by atoms with Crippen LogP contribution in [0.3, 0.4) is 0 Å². The number of aromatic nitrogens is 2. The first kappa shape index (κ1) is 16.2. The van der Waals surface area contributed by atoms with Gasteiger partial charge in [-0.3, -0.25) is 15.2 Å². The average molecular weight is 316 g/mol. The Balaban J connectivity index is 2.17. The molecule has 0 radical (unpaired) electrons. The lowest BCUT2D eigenvalue weighted by Gasteiger charge is -2.21. The Morgan fingerprint density at radius 2 is 2.23 bits per heavy atom. The fraction of sp³-hybridized carbons (Fsp3) is 0.214. The van der Waals surface area contributed by atoms with E-state index in [0.717, 1.165) is 5.46 Å². The van der Waals surface area contributed by atoms with Gasteiger partial charge in [0.15, 0.2) is 5.16 Å². The number of thioether (sulfide) groups is 1. The molecule has 0 fully saturated rings. The van der Waals surface area contributed by atoms with E-state index in [1.807, 2.05) is 14.1 Å². The standard InChI is InChI=1S/C14H17BN4O2S/c1-19(12-11(15)8-16-14(17-12)22-3)18-13(20)9-5-4-6-10(7-9)21-2/h4-8H,15H2,1-3H3,(H,18,20). The number of nitrogens with zero attached hydrogens (tertiary/aromatic N) is 3. The van der Waals surface area contributed by atoms with Crippen LogP contribution in [0, 0.1) is 0 Å². The maximum atomic E-state index is 12.3. The molecule has 8 heteroatoms. The van der Waals surface area contributed by atoms with Gasteiger partial charge in [0.1, 0.15) is 19.4 Å². The summed E-state index contributed by atoms with van der Waals surface area (Å²) in [4.78, 5) is 20.9. The van der Waals surface area contributed by atoms with Crippen molar-refractivity contribution in [1.82, 2.24) is 15.4 Å². The van der Waals surface area contributed by atoms with Gasteiger partial charge in [-0.25, -0.2) is 9.97 Å². The van der Waals surface area contributed by atoms with Crippen LogP contribution in [0.4, 0.5) is 5.82 Å². The van der Waals surface area contributed by atoms with Gasteiger partial charge in [-0.2, -0.15) is 0 Å². The molecule has 22 heavy (non-hydrogen) atoms. The molecule has 0 aliphatic carbocycles. The van der Waals surface area contributed by atoms with Crippen LogP contribution < -0.4 is 20.6 Å². The molecule has 0 saturated carbocycles. The fourth-order valence-electron chi connectivity index (χ4n) is 1.89. The van der Waals surface area contributed by atoms with E-state index in [4.69, 9.17) is 4.74 Å². The number of hydrogen-bond donors (Lipinski definition) is 1. The molecule has 0 aliphatic heterocycles. The lowest BCUT2D eigenvalue weighted by Crippen LogP contribution is -2.42. The van der Waals surface area contributed by atoms with Gasteiger partial charge in [-0.15, -0.1) is 0 Å². The van der Waals surface area contributed by atoms with E-state index >= 15 is 0 Å². The molecule has 2 rings (SSSR count). The molecule has 1 heterocycles. The van der Waals surface area contributed by atoms with Crippen LogP contribution in [0.25, 0.3) is 0 Å². The molecule has 1 amide bonds. The van der Waals surface area contributed by atoms with Gasteiger partial charge in [0.2, 0.25) is 0 Å². The molecule has 6 nitrogen and oxygen atoms in total. The molecule has 1 N–H and O–H groups in total. The van der Waals surface area contributed by atoms with Crippen LogP contribution in [0.2, 0.25) is 0 Å². The Kier molecular flexibility index (Phi) is 5.27. The zero-order valence-electron chi connectivity index (χ0n) is 13.0. The fourth-order valence-corrected chi connectivity index (χ4v) is 2.23. The highest BCUT2D eigenvalue weighted by Crippen LogP contribution is 2.14. The van der Waals surface area contributed by atoms with Crippen molar-refractivity contribution in [3.8, 4) is 5.75 Å². The zero-order valence-corrected chi connectivity index (χ0v) is 13.8. The van der Waals surface area contributed by atoms with E-state index in [1.54, 1.807) is 49.6 Å². The van der Waals surface area contributed by atoms with Crippen LogP contribution in [-0.2, 0) is 0 Å². The minimum Gasteiger partial charge on any atom is -0.497 e. The van der Waals surface area contributed by atoms with Crippen LogP contribution in [-0.4, -0.2) is 44.1 Å². The molecule has 114 valence electrons. The monoisotopic (exact) mass is 316 g/mol. The van der Waals surface area contributed by atoms with Gasteiger partial charge in [0.05, 0.1) is 7.11 Å². The van der Waals surface area contributed by atoms with Gasteiger partial charge in [-0.1, -0.05) is 17.8 Å². The third-order valence-electron chi connectivity index (χ3n) is 3.02. The summed E-state index contributed by atoms with van der Waals surface area (Å²) in [6.45, 7) is 0. The molecule has 0 unspecified atom stereocenters. The Bertz CT molecular complexity index is 684. The number of anilines is 1. The summed E-state index contributed by atoms with van der Waals surface area (Å²) in [6.07, 6.45) is 3.64. The van der Waals surface area contributed by atoms with Gasteiger partial charge in [0, 0.05) is 18.8 Å². The lowest BCUT2D eigenvalue weighted by atomic mass is 9.99. The largest absolute Gasteiger partial charge is 0.497 e. The maximum Gasteiger partial charge on any atom is 0.269 e. The predicted octanol–water partition coefficient (Wildman–Crippen LogP) is 0.247. The normalized spacial score (nSPS) is 10.1. The second kappa shape index (κ2) is 7.17. The molecule has 0 spiro atoms. The van der Waals surface area contributed by atoms with Crippen molar-refractivity contribution in [2.24, 2.45) is 0 Å². The van der Waals surface area contributed by atoms with E-state index in [2.05, 4.69) is 15.4 Å². The SMILES string of the molecule is Bc1cnc(SC)nc1N(C)NC(=O)c1cccc(OC)c1. The smallest absolute Gasteiger partial charge is 0.269 e. The first-order valence-corrected chi connectivity index (χ1v) is 7.84. The summed E-state index contributed by atoms with van der Waals surface area (Å²) in [5.74, 6) is 1.07. The summed E-state index contributed by atoms with van der Waals surface area (Å²) < 4.78 is 5.13. The van der Waals surface area contributed by atoms with Gasteiger partial charge < -0.3 is 4.74 Å². The van der Waals surface area contributed by atoms with Gasteiger partial charge in [-0.05, 0) is 29.9 Å². The Hall–Kier alpha value is -2.22. The predicted molar refractivity (Wildman–Crippen MR) is 90.9 cm³/mol. The second-order valence-corrected chi connectivity index (χ2v) is 5.37. The number of ether oxygens (including phenoxy) is 1. The lowest BCUT2D eigenvalue weighted by molar-refractivity contribution is 0.0951. The van der Waals surface area contributed by atoms with Crippen LogP contribution in [0.5, 0.6) is 5.75 Å². The molecule has 0 aliphatic rings. The molecule has 0 bridgehead atoms. The van der Waals surface area contributed by atoms with E-state index < -0.39 is 0 Å². The molecule has 0 atom stereocenters. The second-order valence-electron chi connectivity index (χ2n) is 4.60. The number of carbonyl (C=O) groups excluding carboxylic acids is 1. The van der Waals surface area contributed by atoms with Crippen molar-refractivity contribution in [1.29, 1.82) is 0 Å². The number of rotatable bonds is 5. The molecule has 0 saturated heterocycles. The highest BCUT2D eigenvalue weighted by Gasteiger charge is 2.13. The van der Waals surface area contributed by atoms with Crippen molar-refractivity contribution in [3.63, 3.8) is 0 Å². The number of methoxy groups -OCH3 is 1. The van der Waals surface area contributed by atoms with Crippen LogP contribution >= 0.6 is 11.8 Å². The Morgan fingerprint density at radius 1 is 1.45 bits per heavy atom. The average Bonchev–Trinajstić information content (AvgIpc) is 2.55. The van der Waals surface area contributed by atoms with Crippen molar-refractivity contribution in [2.75, 3.05) is 25.4 Å². The van der Waals surface area contributed by atoms with E-state index in [0.29, 0.717) is 22.3 Å². The summed E-state index contributed by atoms with van der Waals surface area (Å²) in [5.41, 5.74) is 4.19. The molecule has 1 aromatic carbocycles. The summed E-state index contributed by atoms with van der Waals surface area (Å²) >= 11 is 1.45. The van der Waals surface area contributed by atoms with Crippen molar-refractivity contribution in [3.05, 3.63) is 36.0 Å². The highest BCUT2D eigenvalue weighted by molar-refractivity contribution is 7.98. The summed E-state index contributed by atoms with van der Waals surface area (Å²) in [6, 6.07) is 6.98. The highest BCUT2D eigenvalue weighted by atomic mass is 32.2. The first-order valence-electron chi connectivity index (χ1n) is 6.61. The molecular formula is C14H17BN4O2S. The third-order valence-corrected chi connectivity index (χ3v) is 3.59. The molecule has 1 aromatic heterocycles. The number of benzene rings is 1. The minimum absolute atomic E-state index is 0.231. The minimum atomic E-state index is -0.231. The summed E-state index contributed by atoms with van der Waals surface area (Å²) in [5, 5.41) is 2.25. The summed E-state index contributed by atoms with van der Waals surface area (Å²) in [7, 11) is 5.21.